The Morgan fingerprint density at radius 2 is 2.39 bits per heavy atom. The number of likely N-dealkylation sites (N-methyl/N-ethyl adjacent to an activating group) is 2. The first-order valence-corrected chi connectivity index (χ1v) is 7.09. The molecule has 0 aromatic carbocycles. The van der Waals surface area contributed by atoms with Crippen LogP contribution in [-0.4, -0.2) is 47.6 Å². The van der Waals surface area contributed by atoms with Gasteiger partial charge in [-0.1, -0.05) is 6.92 Å². The van der Waals surface area contributed by atoms with Gasteiger partial charge in [-0.25, -0.2) is 9.97 Å². The smallest absolute Gasteiger partial charge is 0.136 e. The molecule has 5 heteroatoms. The second-order valence-corrected chi connectivity index (χ2v) is 5.08. The van der Waals surface area contributed by atoms with E-state index in [1.165, 1.54) is 19.4 Å². The molecule has 100 valence electrons. The van der Waals surface area contributed by atoms with E-state index in [4.69, 9.17) is 11.6 Å². The van der Waals surface area contributed by atoms with Crippen LogP contribution < -0.4 is 4.90 Å². The molecule has 1 aliphatic rings. The highest BCUT2D eigenvalue weighted by Gasteiger charge is 2.24. The molecule has 18 heavy (non-hydrogen) atoms. The van der Waals surface area contributed by atoms with E-state index in [2.05, 4.69) is 33.7 Å². The molecule has 0 N–H and O–H groups in total. The van der Waals surface area contributed by atoms with Gasteiger partial charge in [0.25, 0.3) is 0 Å². The monoisotopic (exact) mass is 268 g/mol. The van der Waals surface area contributed by atoms with E-state index in [0.717, 1.165) is 24.5 Å². The third-order valence-electron chi connectivity index (χ3n) is 3.66. The van der Waals surface area contributed by atoms with Crippen LogP contribution in [0.4, 0.5) is 5.82 Å². The number of anilines is 1. The third-order valence-corrected chi connectivity index (χ3v) is 3.95. The summed E-state index contributed by atoms with van der Waals surface area (Å²) in [6.07, 6.45) is 5.98. The zero-order valence-corrected chi connectivity index (χ0v) is 11.9. The number of aromatic nitrogens is 2. The van der Waals surface area contributed by atoms with Crippen LogP contribution in [-0.2, 0) is 5.88 Å². The van der Waals surface area contributed by atoms with Crippen molar-refractivity contribution in [3.63, 3.8) is 0 Å². The minimum absolute atomic E-state index is 0.461. The SMILES string of the molecule is CCN1CCCC1CN(C)c1ncncc1CCl. The molecule has 2 heterocycles. The molecule has 0 radical (unpaired) electrons. The van der Waals surface area contributed by atoms with Crippen LogP contribution >= 0.6 is 11.6 Å². The molecule has 0 bridgehead atoms. The summed E-state index contributed by atoms with van der Waals surface area (Å²) in [5.74, 6) is 1.42. The lowest BCUT2D eigenvalue weighted by molar-refractivity contribution is 0.270. The summed E-state index contributed by atoms with van der Waals surface area (Å²) >= 11 is 5.93. The van der Waals surface area contributed by atoms with E-state index in [1.54, 1.807) is 12.5 Å². The largest absolute Gasteiger partial charge is 0.358 e. The summed E-state index contributed by atoms with van der Waals surface area (Å²) < 4.78 is 0. The molecule has 0 saturated carbocycles. The van der Waals surface area contributed by atoms with E-state index in [1.807, 2.05) is 0 Å². The van der Waals surface area contributed by atoms with Crippen molar-refractivity contribution in [2.45, 2.75) is 31.7 Å². The standard InChI is InChI=1S/C13H21ClN4/c1-3-18-6-4-5-12(18)9-17(2)13-11(7-14)8-15-10-16-13/h8,10,12H,3-7,9H2,1-2H3. The third kappa shape index (κ3) is 2.93. The molecule has 1 unspecified atom stereocenters. The molecule has 0 spiro atoms. The minimum atomic E-state index is 0.461. The Bertz CT molecular complexity index is 385. The molecule has 1 aromatic rings. The maximum Gasteiger partial charge on any atom is 0.136 e. The molecule has 0 aliphatic carbocycles. The number of hydrogen-bond donors (Lipinski definition) is 0. The quantitative estimate of drug-likeness (QED) is 0.766. The van der Waals surface area contributed by atoms with Crippen molar-refractivity contribution in [2.75, 3.05) is 31.6 Å². The highest BCUT2D eigenvalue weighted by molar-refractivity contribution is 6.17. The van der Waals surface area contributed by atoms with Crippen molar-refractivity contribution in [1.29, 1.82) is 0 Å². The predicted octanol–water partition coefficient (Wildman–Crippen LogP) is 2.14. The lowest BCUT2D eigenvalue weighted by atomic mass is 10.2. The Hall–Kier alpha value is -0.870. The zero-order chi connectivity index (χ0) is 13.0. The molecular weight excluding hydrogens is 248 g/mol. The average molecular weight is 269 g/mol. The Kier molecular flexibility index (Phi) is 4.78. The maximum absolute atomic E-state index is 5.93. The van der Waals surface area contributed by atoms with Crippen molar-refractivity contribution in [3.8, 4) is 0 Å². The molecule has 1 atom stereocenters. The van der Waals surface area contributed by atoms with Gasteiger partial charge >= 0.3 is 0 Å². The normalized spacial score (nSPS) is 20.3. The lowest BCUT2D eigenvalue weighted by Gasteiger charge is -2.29. The van der Waals surface area contributed by atoms with Crippen LogP contribution in [0.15, 0.2) is 12.5 Å². The fourth-order valence-corrected chi connectivity index (χ4v) is 2.90. The molecule has 1 aliphatic heterocycles. The topological polar surface area (TPSA) is 32.3 Å². The number of likely N-dealkylation sites (tertiary alicyclic amines) is 1. The van der Waals surface area contributed by atoms with Gasteiger partial charge in [0.05, 0.1) is 5.88 Å². The minimum Gasteiger partial charge on any atom is -0.358 e. The van der Waals surface area contributed by atoms with E-state index < -0.39 is 0 Å². The fraction of sp³-hybridized carbons (Fsp3) is 0.692. The highest BCUT2D eigenvalue weighted by Crippen LogP contribution is 2.21. The number of alkyl halides is 1. The van der Waals surface area contributed by atoms with Gasteiger partial charge in [0.2, 0.25) is 0 Å². The second-order valence-electron chi connectivity index (χ2n) is 4.81. The maximum atomic E-state index is 5.93. The van der Waals surface area contributed by atoms with Crippen LogP contribution in [0.1, 0.15) is 25.3 Å². The fourth-order valence-electron chi connectivity index (χ4n) is 2.71. The summed E-state index contributed by atoms with van der Waals surface area (Å²) in [6.45, 7) is 5.59. The summed E-state index contributed by atoms with van der Waals surface area (Å²) in [5, 5.41) is 0. The van der Waals surface area contributed by atoms with E-state index >= 15 is 0 Å². The van der Waals surface area contributed by atoms with Crippen molar-refractivity contribution >= 4 is 17.4 Å². The molecule has 1 aromatic heterocycles. The number of halogens is 1. The first kappa shape index (κ1) is 13.6. The first-order chi connectivity index (χ1) is 8.76. The molecule has 2 rings (SSSR count). The van der Waals surface area contributed by atoms with Crippen molar-refractivity contribution in [1.82, 2.24) is 14.9 Å². The second kappa shape index (κ2) is 6.34. The Morgan fingerprint density at radius 1 is 1.56 bits per heavy atom. The van der Waals surface area contributed by atoms with Gasteiger partial charge in [-0.05, 0) is 25.9 Å². The molecule has 1 fully saturated rings. The molecule has 1 saturated heterocycles. The summed E-state index contributed by atoms with van der Waals surface area (Å²) in [7, 11) is 2.09. The molecule has 0 amide bonds. The number of hydrogen-bond acceptors (Lipinski definition) is 4. The Labute approximate surface area is 114 Å². The molecule has 4 nitrogen and oxygen atoms in total. The van der Waals surface area contributed by atoms with Gasteiger partial charge in [-0.2, -0.15) is 0 Å². The van der Waals surface area contributed by atoms with E-state index in [-0.39, 0.29) is 0 Å². The van der Waals surface area contributed by atoms with Gasteiger partial charge in [0.15, 0.2) is 0 Å². The Morgan fingerprint density at radius 3 is 3.11 bits per heavy atom. The summed E-state index contributed by atoms with van der Waals surface area (Å²) in [4.78, 5) is 13.1. The van der Waals surface area contributed by atoms with Crippen molar-refractivity contribution < 1.29 is 0 Å². The lowest BCUT2D eigenvalue weighted by Crippen LogP contribution is -2.39. The van der Waals surface area contributed by atoms with Gasteiger partial charge in [-0.15, -0.1) is 11.6 Å². The van der Waals surface area contributed by atoms with Crippen LogP contribution in [0.25, 0.3) is 0 Å². The summed E-state index contributed by atoms with van der Waals surface area (Å²) in [6, 6.07) is 0.637. The van der Waals surface area contributed by atoms with Gasteiger partial charge in [0, 0.05) is 31.4 Å². The van der Waals surface area contributed by atoms with Crippen LogP contribution in [0, 0.1) is 0 Å². The van der Waals surface area contributed by atoms with E-state index in [9.17, 15) is 0 Å². The van der Waals surface area contributed by atoms with Gasteiger partial charge in [-0.3, -0.25) is 4.90 Å². The Balaban J connectivity index is 2.05. The average Bonchev–Trinajstić information content (AvgIpc) is 2.85. The zero-order valence-electron chi connectivity index (χ0n) is 11.1. The highest BCUT2D eigenvalue weighted by atomic mass is 35.5. The van der Waals surface area contributed by atoms with Crippen LogP contribution in [0.3, 0.4) is 0 Å². The van der Waals surface area contributed by atoms with Crippen LogP contribution in [0.5, 0.6) is 0 Å². The number of rotatable bonds is 5. The van der Waals surface area contributed by atoms with Gasteiger partial charge < -0.3 is 4.90 Å². The number of nitrogens with zero attached hydrogens (tertiary/aromatic N) is 4. The summed E-state index contributed by atoms with van der Waals surface area (Å²) in [5.41, 5.74) is 1.00. The van der Waals surface area contributed by atoms with Crippen LogP contribution in [0.2, 0.25) is 0 Å². The van der Waals surface area contributed by atoms with E-state index in [0.29, 0.717) is 11.9 Å². The van der Waals surface area contributed by atoms with Crippen molar-refractivity contribution in [2.24, 2.45) is 0 Å². The first-order valence-electron chi connectivity index (χ1n) is 6.56. The van der Waals surface area contributed by atoms with Gasteiger partial charge in [0.1, 0.15) is 12.1 Å². The van der Waals surface area contributed by atoms with Crippen molar-refractivity contribution in [3.05, 3.63) is 18.1 Å². The predicted molar refractivity (Wildman–Crippen MR) is 75.1 cm³/mol. The molecular formula is C13H21ClN4.